The van der Waals surface area contributed by atoms with E-state index in [1.165, 1.54) is 11.2 Å². The van der Waals surface area contributed by atoms with Crippen LogP contribution in [-0.4, -0.2) is 68.3 Å². The lowest BCUT2D eigenvalue weighted by Gasteiger charge is -2.39. The zero-order chi connectivity index (χ0) is 25.7. The summed E-state index contributed by atoms with van der Waals surface area (Å²) in [6, 6.07) is 7.15. The van der Waals surface area contributed by atoms with Crippen molar-refractivity contribution < 1.29 is 22.7 Å². The number of benzene rings is 2. The van der Waals surface area contributed by atoms with Crippen LogP contribution >= 0.6 is 0 Å². The molecule has 1 fully saturated rings. The lowest BCUT2D eigenvalue weighted by molar-refractivity contribution is -0.140. The molecule has 0 aromatic heterocycles. The van der Waals surface area contributed by atoms with E-state index in [9.17, 15) is 18.0 Å². The lowest BCUT2D eigenvalue weighted by atomic mass is 9.95. The molecule has 0 bridgehead atoms. The SMILES string of the molecule is CC(=O)N1CC(C(=O)N2CCN(S(=O)(=O)c3c(C)c(C)c(C)c(C)c3C)CC2)Oc2ccccc21. The third-order valence-electron chi connectivity index (χ3n) is 7.51. The first-order chi connectivity index (χ1) is 16.4. The fraction of sp³-hybridized carbons (Fsp3) is 0.462. The number of hydrogen-bond donors (Lipinski definition) is 0. The maximum atomic E-state index is 13.6. The normalized spacial score (nSPS) is 18.7. The zero-order valence-corrected chi connectivity index (χ0v) is 22.0. The van der Waals surface area contributed by atoms with Crippen LogP contribution in [0.15, 0.2) is 29.2 Å². The van der Waals surface area contributed by atoms with E-state index in [0.717, 1.165) is 27.8 Å². The Bertz CT molecular complexity index is 1270. The Balaban J connectivity index is 1.51. The highest BCUT2D eigenvalue weighted by Gasteiger charge is 2.38. The Labute approximate surface area is 207 Å². The predicted molar refractivity (Wildman–Crippen MR) is 134 cm³/mol. The standard InChI is InChI=1S/C26H33N3O5S/c1-16-17(2)19(4)25(20(5)18(16)3)35(32,33)28-13-11-27(12-14-28)26(31)24-15-29(21(6)30)22-9-7-8-10-23(22)34-24/h7-10,24H,11-15H2,1-6H3. The van der Waals surface area contributed by atoms with Crippen molar-refractivity contribution in [2.45, 2.75) is 52.5 Å². The minimum Gasteiger partial charge on any atom is -0.476 e. The van der Waals surface area contributed by atoms with E-state index >= 15 is 0 Å². The van der Waals surface area contributed by atoms with Gasteiger partial charge in [-0.2, -0.15) is 4.31 Å². The molecule has 0 aliphatic carbocycles. The van der Waals surface area contributed by atoms with Gasteiger partial charge in [-0.25, -0.2) is 8.42 Å². The Morgan fingerprint density at radius 3 is 1.97 bits per heavy atom. The molecule has 2 amide bonds. The van der Waals surface area contributed by atoms with Gasteiger partial charge in [0.2, 0.25) is 15.9 Å². The van der Waals surface area contributed by atoms with Gasteiger partial charge in [-0.3, -0.25) is 9.59 Å². The molecule has 4 rings (SSSR count). The van der Waals surface area contributed by atoms with Gasteiger partial charge in [0, 0.05) is 33.1 Å². The predicted octanol–water partition coefficient (Wildman–Crippen LogP) is 2.88. The van der Waals surface area contributed by atoms with Gasteiger partial charge in [0.25, 0.3) is 5.91 Å². The second-order valence-electron chi connectivity index (χ2n) is 9.39. The van der Waals surface area contributed by atoms with E-state index in [1.54, 1.807) is 28.0 Å². The number of carbonyl (C=O) groups is 2. The van der Waals surface area contributed by atoms with Crippen molar-refractivity contribution >= 4 is 27.5 Å². The monoisotopic (exact) mass is 499 g/mol. The van der Waals surface area contributed by atoms with Crippen LogP contribution in [0.2, 0.25) is 0 Å². The number of piperazine rings is 1. The first-order valence-electron chi connectivity index (χ1n) is 11.8. The molecule has 2 aromatic rings. The molecule has 2 aliphatic heterocycles. The highest BCUT2D eigenvalue weighted by molar-refractivity contribution is 7.89. The highest BCUT2D eigenvalue weighted by Crippen LogP contribution is 2.34. The first-order valence-corrected chi connectivity index (χ1v) is 13.3. The summed E-state index contributed by atoms with van der Waals surface area (Å²) in [5.74, 6) is 0.0886. The van der Waals surface area contributed by atoms with Crippen molar-refractivity contribution in [1.82, 2.24) is 9.21 Å². The summed E-state index contributed by atoms with van der Waals surface area (Å²) in [6.45, 7) is 12.2. The van der Waals surface area contributed by atoms with E-state index in [0.29, 0.717) is 16.3 Å². The van der Waals surface area contributed by atoms with Gasteiger partial charge < -0.3 is 14.5 Å². The van der Waals surface area contributed by atoms with Gasteiger partial charge >= 0.3 is 0 Å². The van der Waals surface area contributed by atoms with E-state index in [1.807, 2.05) is 40.7 Å². The van der Waals surface area contributed by atoms with E-state index in [2.05, 4.69) is 0 Å². The molecular weight excluding hydrogens is 466 g/mol. The van der Waals surface area contributed by atoms with Gasteiger partial charge in [0.15, 0.2) is 6.10 Å². The minimum absolute atomic E-state index is 0.129. The fourth-order valence-electron chi connectivity index (χ4n) is 5.00. The van der Waals surface area contributed by atoms with Gasteiger partial charge in [0.05, 0.1) is 17.1 Å². The second-order valence-corrected chi connectivity index (χ2v) is 11.3. The van der Waals surface area contributed by atoms with E-state index in [-0.39, 0.29) is 44.5 Å². The van der Waals surface area contributed by atoms with Crippen LogP contribution in [0.5, 0.6) is 5.75 Å². The van der Waals surface area contributed by atoms with Crippen LogP contribution in [0.4, 0.5) is 5.69 Å². The number of carbonyl (C=O) groups excluding carboxylic acids is 2. The average Bonchev–Trinajstić information content (AvgIpc) is 2.85. The first kappa shape index (κ1) is 25.2. The number of hydrogen-bond acceptors (Lipinski definition) is 5. The Hall–Kier alpha value is -2.91. The third-order valence-corrected chi connectivity index (χ3v) is 9.68. The Morgan fingerprint density at radius 1 is 0.857 bits per heavy atom. The van der Waals surface area contributed by atoms with Crippen molar-refractivity contribution in [2.75, 3.05) is 37.6 Å². The number of sulfonamides is 1. The summed E-state index contributed by atoms with van der Waals surface area (Å²) in [4.78, 5) is 29.0. The molecule has 0 saturated carbocycles. The molecule has 2 heterocycles. The van der Waals surface area contributed by atoms with Crippen LogP contribution in [0.25, 0.3) is 0 Å². The van der Waals surface area contributed by atoms with Crippen molar-refractivity contribution in [1.29, 1.82) is 0 Å². The molecule has 2 aromatic carbocycles. The second kappa shape index (κ2) is 9.28. The number of amides is 2. The summed E-state index contributed by atoms with van der Waals surface area (Å²) in [7, 11) is -3.71. The molecule has 0 N–H and O–H groups in total. The number of nitrogens with zero attached hydrogens (tertiary/aromatic N) is 3. The lowest BCUT2D eigenvalue weighted by Crippen LogP contribution is -2.56. The summed E-state index contributed by atoms with van der Waals surface area (Å²) in [5, 5.41) is 0. The minimum atomic E-state index is -3.71. The fourth-order valence-corrected chi connectivity index (χ4v) is 6.98. The van der Waals surface area contributed by atoms with Crippen LogP contribution in [-0.2, 0) is 19.6 Å². The van der Waals surface area contributed by atoms with Crippen molar-refractivity contribution in [3.63, 3.8) is 0 Å². The number of anilines is 1. The van der Waals surface area contributed by atoms with Crippen LogP contribution in [0, 0.1) is 34.6 Å². The summed E-state index contributed by atoms with van der Waals surface area (Å²) >= 11 is 0. The molecule has 1 atom stereocenters. The topological polar surface area (TPSA) is 87.2 Å². The smallest absolute Gasteiger partial charge is 0.265 e. The highest BCUT2D eigenvalue weighted by atomic mass is 32.2. The number of fused-ring (bicyclic) bond motifs is 1. The number of ether oxygens (including phenoxy) is 1. The maximum absolute atomic E-state index is 13.6. The van der Waals surface area contributed by atoms with Crippen molar-refractivity contribution in [3.8, 4) is 5.75 Å². The largest absolute Gasteiger partial charge is 0.476 e. The Kier molecular flexibility index (Phi) is 6.68. The molecule has 2 aliphatic rings. The molecule has 188 valence electrons. The average molecular weight is 500 g/mol. The molecule has 9 heteroatoms. The van der Waals surface area contributed by atoms with Gasteiger partial charge in [0.1, 0.15) is 5.75 Å². The quantitative estimate of drug-likeness (QED) is 0.648. The molecule has 0 spiro atoms. The van der Waals surface area contributed by atoms with Crippen molar-refractivity contribution in [2.24, 2.45) is 0 Å². The van der Waals surface area contributed by atoms with Gasteiger partial charge in [-0.15, -0.1) is 0 Å². The van der Waals surface area contributed by atoms with Crippen LogP contribution < -0.4 is 9.64 Å². The van der Waals surface area contributed by atoms with Crippen molar-refractivity contribution in [3.05, 3.63) is 52.1 Å². The number of para-hydroxylation sites is 2. The third kappa shape index (κ3) is 4.31. The molecular formula is C26H33N3O5S. The Morgan fingerprint density at radius 2 is 1.40 bits per heavy atom. The summed E-state index contributed by atoms with van der Waals surface area (Å²) in [5.41, 5.74) is 5.30. The molecule has 1 unspecified atom stereocenters. The summed E-state index contributed by atoms with van der Waals surface area (Å²) < 4.78 is 34.7. The molecule has 0 radical (unpaired) electrons. The maximum Gasteiger partial charge on any atom is 0.265 e. The molecule has 35 heavy (non-hydrogen) atoms. The van der Waals surface area contributed by atoms with E-state index in [4.69, 9.17) is 4.74 Å². The van der Waals surface area contributed by atoms with E-state index < -0.39 is 16.1 Å². The number of rotatable bonds is 3. The van der Waals surface area contributed by atoms with Crippen LogP contribution in [0.1, 0.15) is 34.7 Å². The van der Waals surface area contributed by atoms with Crippen LogP contribution in [0.3, 0.4) is 0 Å². The zero-order valence-electron chi connectivity index (χ0n) is 21.2. The van der Waals surface area contributed by atoms with Gasteiger partial charge in [-0.05, 0) is 74.6 Å². The van der Waals surface area contributed by atoms with Gasteiger partial charge in [-0.1, -0.05) is 12.1 Å². The molecule has 8 nitrogen and oxygen atoms in total. The summed E-state index contributed by atoms with van der Waals surface area (Å²) in [6.07, 6.45) is -0.830. The molecule has 1 saturated heterocycles.